The van der Waals surface area contributed by atoms with Crippen molar-refractivity contribution in [3.05, 3.63) is 17.0 Å². The molecule has 1 rings (SSSR count). The van der Waals surface area contributed by atoms with E-state index in [0.29, 0.717) is 4.60 Å². The molecule has 10 heteroatoms. The molecule has 0 bridgehead atoms. The Balaban J connectivity index is 2.66. The fourth-order valence-electron chi connectivity index (χ4n) is 0.798. The average molecular weight is 325 g/mol. The van der Waals surface area contributed by atoms with Gasteiger partial charge in [-0.2, -0.15) is 8.42 Å². The van der Waals surface area contributed by atoms with Crippen molar-refractivity contribution < 1.29 is 17.9 Å². The lowest BCUT2D eigenvalue weighted by atomic mass is 10.7. The molecular formula is C7H9BrN4O4S. The molecule has 1 amide bonds. The monoisotopic (exact) mass is 324 g/mol. The Labute approximate surface area is 106 Å². The Kier molecular flexibility index (Phi) is 4.63. The zero-order chi connectivity index (χ0) is 12.9. The molecule has 0 aliphatic rings. The summed E-state index contributed by atoms with van der Waals surface area (Å²) < 4.78 is 31.3. The smallest absolute Gasteiger partial charge is 0.422 e. The van der Waals surface area contributed by atoms with E-state index in [9.17, 15) is 13.2 Å². The van der Waals surface area contributed by atoms with Crippen LogP contribution >= 0.6 is 15.9 Å². The number of rotatable bonds is 4. The van der Waals surface area contributed by atoms with Gasteiger partial charge in [-0.05, 0) is 22.9 Å². The minimum absolute atomic E-state index is 0.0231. The summed E-state index contributed by atoms with van der Waals surface area (Å²) in [6, 6.07) is 0. The van der Waals surface area contributed by atoms with Gasteiger partial charge in [-0.15, -0.1) is 0 Å². The van der Waals surface area contributed by atoms with Crippen LogP contribution in [0.3, 0.4) is 0 Å². The first-order chi connectivity index (χ1) is 7.93. The number of nitrogens with one attached hydrogen (secondary N) is 2. The molecule has 0 atom stereocenters. The Morgan fingerprint density at radius 1 is 1.47 bits per heavy atom. The van der Waals surface area contributed by atoms with E-state index in [-0.39, 0.29) is 12.4 Å². The van der Waals surface area contributed by atoms with Crippen LogP contribution < -0.4 is 9.44 Å². The normalized spacial score (nSPS) is 10.7. The zero-order valence-corrected chi connectivity index (χ0v) is 11.1. The molecule has 1 aromatic rings. The molecule has 0 radical (unpaired) electrons. The van der Waals surface area contributed by atoms with Gasteiger partial charge in [-0.25, -0.2) is 24.2 Å². The van der Waals surface area contributed by atoms with Crippen LogP contribution in [0.2, 0.25) is 0 Å². The molecule has 2 N–H and O–H groups in total. The maximum Gasteiger partial charge on any atom is 0.422 e. The Bertz CT molecular complexity index is 489. The Morgan fingerprint density at radius 3 is 2.71 bits per heavy atom. The lowest BCUT2D eigenvalue weighted by Crippen LogP contribution is -2.35. The van der Waals surface area contributed by atoms with E-state index in [0.717, 1.165) is 0 Å². The van der Waals surface area contributed by atoms with Crippen molar-refractivity contribution in [3.8, 4) is 0 Å². The first-order valence-corrected chi connectivity index (χ1v) is 6.65. The van der Waals surface area contributed by atoms with Gasteiger partial charge >= 0.3 is 16.3 Å². The van der Waals surface area contributed by atoms with Crippen LogP contribution in [0.4, 0.5) is 10.6 Å². The summed E-state index contributed by atoms with van der Waals surface area (Å²) in [5.74, 6) is -0.0231. The van der Waals surface area contributed by atoms with Gasteiger partial charge in [0.15, 0.2) is 5.82 Å². The summed E-state index contributed by atoms with van der Waals surface area (Å²) in [4.78, 5) is 18.4. The predicted octanol–water partition coefficient (Wildman–Crippen LogP) is 0.642. The summed E-state index contributed by atoms with van der Waals surface area (Å²) in [5.41, 5.74) is 0. The van der Waals surface area contributed by atoms with Gasteiger partial charge in [0.25, 0.3) is 0 Å². The minimum atomic E-state index is -4.06. The lowest BCUT2D eigenvalue weighted by molar-refractivity contribution is 0.159. The van der Waals surface area contributed by atoms with Gasteiger partial charge in [-0.3, -0.25) is 0 Å². The van der Waals surface area contributed by atoms with Crippen molar-refractivity contribution in [2.24, 2.45) is 0 Å². The lowest BCUT2D eigenvalue weighted by Gasteiger charge is -2.07. The summed E-state index contributed by atoms with van der Waals surface area (Å²) in [7, 11) is -4.06. The number of hydrogen-bond donors (Lipinski definition) is 2. The standard InChI is InChI=1S/C7H9BrN4O4S/c1-2-16-7(13)12-17(14,15)11-6-4-9-5(8)3-10-6/h3-4H,2H2,1H3,(H,10,11)(H,12,13). The number of aromatic nitrogens is 2. The second kappa shape index (κ2) is 5.77. The Morgan fingerprint density at radius 2 is 2.18 bits per heavy atom. The van der Waals surface area contributed by atoms with Gasteiger partial charge in [0, 0.05) is 0 Å². The maximum absolute atomic E-state index is 11.4. The summed E-state index contributed by atoms with van der Waals surface area (Å²) >= 11 is 3.05. The van der Waals surface area contributed by atoms with Crippen LogP contribution in [-0.4, -0.2) is 31.1 Å². The van der Waals surface area contributed by atoms with Gasteiger partial charge in [0.2, 0.25) is 0 Å². The van der Waals surface area contributed by atoms with Gasteiger partial charge in [0.1, 0.15) is 4.60 Å². The third-order valence-electron chi connectivity index (χ3n) is 1.35. The highest BCUT2D eigenvalue weighted by Crippen LogP contribution is 2.07. The molecule has 0 spiro atoms. The highest BCUT2D eigenvalue weighted by atomic mass is 79.9. The molecule has 94 valence electrons. The number of carbonyl (C=O) groups is 1. The van der Waals surface area contributed by atoms with E-state index in [2.05, 4.69) is 30.6 Å². The predicted molar refractivity (Wildman–Crippen MR) is 62.4 cm³/mol. The summed E-state index contributed by atoms with van der Waals surface area (Å²) in [6.07, 6.45) is 1.43. The number of nitrogens with zero attached hydrogens (tertiary/aromatic N) is 2. The molecule has 17 heavy (non-hydrogen) atoms. The molecule has 0 aliphatic carbocycles. The Hall–Kier alpha value is -1.42. The van der Waals surface area contributed by atoms with E-state index in [1.807, 2.05) is 4.72 Å². The molecule has 0 aromatic carbocycles. The van der Waals surface area contributed by atoms with Gasteiger partial charge < -0.3 is 4.74 Å². The fraction of sp³-hybridized carbons (Fsp3) is 0.286. The topological polar surface area (TPSA) is 110 Å². The molecule has 0 saturated carbocycles. The van der Waals surface area contributed by atoms with Crippen molar-refractivity contribution in [2.45, 2.75) is 6.92 Å². The first-order valence-electron chi connectivity index (χ1n) is 4.38. The van der Waals surface area contributed by atoms with Crippen molar-refractivity contribution in [1.29, 1.82) is 0 Å². The zero-order valence-electron chi connectivity index (χ0n) is 8.68. The largest absolute Gasteiger partial charge is 0.449 e. The molecule has 0 fully saturated rings. The molecule has 0 unspecified atom stereocenters. The second-order valence-electron chi connectivity index (χ2n) is 2.65. The first kappa shape index (κ1) is 13.6. The fourth-order valence-corrected chi connectivity index (χ4v) is 1.71. The molecule has 8 nitrogen and oxygen atoms in total. The molecular weight excluding hydrogens is 316 g/mol. The van der Waals surface area contributed by atoms with Gasteiger partial charge in [-0.1, -0.05) is 0 Å². The maximum atomic E-state index is 11.4. The number of halogens is 1. The summed E-state index contributed by atoms with van der Waals surface area (Å²) in [5, 5.41) is 0. The summed E-state index contributed by atoms with van der Waals surface area (Å²) in [6.45, 7) is 1.62. The van der Waals surface area contributed by atoms with Crippen LogP contribution in [-0.2, 0) is 14.9 Å². The average Bonchev–Trinajstić information content (AvgIpc) is 2.20. The molecule has 1 aromatic heterocycles. The second-order valence-corrected chi connectivity index (χ2v) is 4.88. The SMILES string of the molecule is CCOC(=O)NS(=O)(=O)Nc1cnc(Br)cn1. The van der Waals surface area contributed by atoms with E-state index in [1.54, 1.807) is 11.6 Å². The van der Waals surface area contributed by atoms with Crippen molar-refractivity contribution in [2.75, 3.05) is 11.3 Å². The number of carbonyl (C=O) groups excluding carboxylic acids is 1. The van der Waals surface area contributed by atoms with Crippen LogP contribution in [0, 0.1) is 0 Å². The quantitative estimate of drug-likeness (QED) is 0.841. The van der Waals surface area contributed by atoms with E-state index in [1.165, 1.54) is 12.4 Å². The van der Waals surface area contributed by atoms with Crippen molar-refractivity contribution in [3.63, 3.8) is 0 Å². The van der Waals surface area contributed by atoms with Gasteiger partial charge in [0.05, 0.1) is 19.0 Å². The van der Waals surface area contributed by atoms with Crippen LogP contribution in [0.5, 0.6) is 0 Å². The molecule has 0 saturated heterocycles. The number of ether oxygens (including phenoxy) is 1. The van der Waals surface area contributed by atoms with Crippen LogP contribution in [0.15, 0.2) is 17.0 Å². The molecule has 1 heterocycles. The number of amides is 1. The van der Waals surface area contributed by atoms with Crippen LogP contribution in [0.1, 0.15) is 6.92 Å². The van der Waals surface area contributed by atoms with Crippen LogP contribution in [0.25, 0.3) is 0 Å². The molecule has 0 aliphatic heterocycles. The van der Waals surface area contributed by atoms with Crippen molar-refractivity contribution >= 4 is 38.1 Å². The van der Waals surface area contributed by atoms with Crippen molar-refractivity contribution in [1.82, 2.24) is 14.7 Å². The van der Waals surface area contributed by atoms with E-state index >= 15 is 0 Å². The highest BCUT2D eigenvalue weighted by Gasteiger charge is 2.15. The minimum Gasteiger partial charge on any atom is -0.449 e. The van der Waals surface area contributed by atoms with E-state index < -0.39 is 16.3 Å². The van der Waals surface area contributed by atoms with E-state index in [4.69, 9.17) is 0 Å². The third-order valence-corrected chi connectivity index (χ3v) is 2.68. The number of anilines is 1. The number of hydrogen-bond acceptors (Lipinski definition) is 6. The highest BCUT2D eigenvalue weighted by molar-refractivity contribution is 9.10. The third kappa shape index (κ3) is 4.95.